The number of hydrogen-bond acceptors (Lipinski definition) is 4. The van der Waals surface area contributed by atoms with Crippen LogP contribution in [0.2, 0.25) is 0 Å². The highest BCUT2D eigenvalue weighted by atomic mass is 127. The van der Waals surface area contributed by atoms with Crippen LogP contribution >= 0.6 is 22.6 Å². The second kappa shape index (κ2) is 6.65. The maximum Gasteiger partial charge on any atom is 0.267 e. The number of rotatable bonds is 5. The van der Waals surface area contributed by atoms with Crippen LogP contribution in [0.3, 0.4) is 0 Å². The Balaban J connectivity index is 2.19. The highest BCUT2D eigenvalue weighted by Crippen LogP contribution is 2.08. The van der Waals surface area contributed by atoms with Crippen LogP contribution in [0.1, 0.15) is 18.9 Å². The summed E-state index contributed by atoms with van der Waals surface area (Å²) in [5, 5.41) is 3.23. The second-order valence-electron chi connectivity index (χ2n) is 4.15. The Morgan fingerprint density at radius 1 is 1.47 bits per heavy atom. The lowest BCUT2D eigenvalue weighted by molar-refractivity contribution is 0.729. The molecule has 0 saturated carbocycles. The number of anilines is 1. The van der Waals surface area contributed by atoms with Crippen LogP contribution in [0.15, 0.2) is 35.6 Å². The van der Waals surface area contributed by atoms with Crippen molar-refractivity contribution in [3.8, 4) is 0 Å². The van der Waals surface area contributed by atoms with E-state index in [4.69, 9.17) is 0 Å². The number of hydrogen-bond donors (Lipinski definition) is 1. The van der Waals surface area contributed by atoms with Crippen LogP contribution in [0.4, 0.5) is 5.82 Å². The molecule has 5 nitrogen and oxygen atoms in total. The summed E-state index contributed by atoms with van der Waals surface area (Å²) in [6, 6.07) is 3.87. The quantitative estimate of drug-likeness (QED) is 0.820. The zero-order valence-electron chi connectivity index (χ0n) is 10.6. The monoisotopic (exact) mass is 370 g/mol. The molecule has 0 aromatic carbocycles. The predicted octanol–water partition coefficient (Wildman–Crippen LogP) is 2.11. The molecule has 100 valence electrons. The van der Waals surface area contributed by atoms with Crippen LogP contribution in [0.25, 0.3) is 0 Å². The minimum Gasteiger partial charge on any atom is -0.370 e. The van der Waals surface area contributed by atoms with Gasteiger partial charge >= 0.3 is 0 Å². The summed E-state index contributed by atoms with van der Waals surface area (Å²) in [5.41, 5.74) is 1.01. The second-order valence-corrected chi connectivity index (χ2v) is 5.31. The fourth-order valence-corrected chi connectivity index (χ4v) is 2.13. The average Bonchev–Trinajstić information content (AvgIpc) is 2.42. The third-order valence-electron chi connectivity index (χ3n) is 2.59. The third-order valence-corrected chi connectivity index (χ3v) is 3.33. The fraction of sp³-hybridized carbons (Fsp3) is 0.308. The van der Waals surface area contributed by atoms with Crippen molar-refractivity contribution in [2.45, 2.75) is 19.9 Å². The van der Waals surface area contributed by atoms with Crippen molar-refractivity contribution in [3.05, 3.63) is 50.3 Å². The van der Waals surface area contributed by atoms with E-state index >= 15 is 0 Å². The summed E-state index contributed by atoms with van der Waals surface area (Å²) in [6.07, 6.45) is 5.93. The van der Waals surface area contributed by atoms with E-state index in [1.807, 2.05) is 34.7 Å². The van der Waals surface area contributed by atoms with Gasteiger partial charge in [0.15, 0.2) is 0 Å². The van der Waals surface area contributed by atoms with E-state index in [1.54, 1.807) is 23.3 Å². The minimum absolute atomic E-state index is 0.0181. The van der Waals surface area contributed by atoms with Crippen LogP contribution in [-0.2, 0) is 6.54 Å². The highest BCUT2D eigenvalue weighted by molar-refractivity contribution is 14.1. The standard InChI is InChI=1S/C13H15IN4O/c1-2-4-16-12-6-10(3-5-17-12)8-18-9-15-7-11(14)13(18)19/h3,5-7,9H,2,4,8H2,1H3,(H,16,17). The number of nitrogens with one attached hydrogen (secondary N) is 1. The van der Waals surface area contributed by atoms with E-state index in [0.29, 0.717) is 10.1 Å². The van der Waals surface area contributed by atoms with Crippen LogP contribution in [0, 0.1) is 3.57 Å². The summed E-state index contributed by atoms with van der Waals surface area (Å²) in [4.78, 5) is 20.2. The van der Waals surface area contributed by atoms with E-state index in [2.05, 4.69) is 22.2 Å². The molecular weight excluding hydrogens is 355 g/mol. The highest BCUT2D eigenvalue weighted by Gasteiger charge is 2.03. The van der Waals surface area contributed by atoms with Gasteiger partial charge in [-0.25, -0.2) is 9.97 Å². The smallest absolute Gasteiger partial charge is 0.267 e. The fourth-order valence-electron chi connectivity index (χ4n) is 1.66. The van der Waals surface area contributed by atoms with E-state index < -0.39 is 0 Å². The molecule has 2 aromatic rings. The molecule has 1 N–H and O–H groups in total. The van der Waals surface area contributed by atoms with Gasteiger partial charge in [0, 0.05) is 18.9 Å². The number of pyridine rings is 1. The number of aromatic nitrogens is 3. The van der Waals surface area contributed by atoms with Crippen molar-refractivity contribution in [2.24, 2.45) is 0 Å². The first-order chi connectivity index (χ1) is 9.20. The Labute approximate surface area is 125 Å². The van der Waals surface area contributed by atoms with Gasteiger partial charge < -0.3 is 5.32 Å². The number of nitrogens with zero attached hydrogens (tertiary/aromatic N) is 3. The largest absolute Gasteiger partial charge is 0.370 e. The molecule has 0 bridgehead atoms. The van der Waals surface area contributed by atoms with Gasteiger partial charge in [0.05, 0.1) is 16.4 Å². The van der Waals surface area contributed by atoms with Crippen molar-refractivity contribution < 1.29 is 0 Å². The molecule has 0 fully saturated rings. The first-order valence-electron chi connectivity index (χ1n) is 6.09. The molecule has 0 radical (unpaired) electrons. The van der Waals surface area contributed by atoms with Crippen molar-refractivity contribution >= 4 is 28.4 Å². The topological polar surface area (TPSA) is 59.8 Å². The summed E-state index contributed by atoms with van der Waals surface area (Å²) >= 11 is 2.00. The van der Waals surface area contributed by atoms with Crippen molar-refractivity contribution in [2.75, 3.05) is 11.9 Å². The Morgan fingerprint density at radius 3 is 3.11 bits per heavy atom. The van der Waals surface area contributed by atoms with Gasteiger partial charge in [-0.1, -0.05) is 6.92 Å². The summed E-state index contributed by atoms with van der Waals surface area (Å²) < 4.78 is 2.22. The van der Waals surface area contributed by atoms with Crippen molar-refractivity contribution in [1.29, 1.82) is 0 Å². The van der Waals surface area contributed by atoms with Gasteiger partial charge in [-0.15, -0.1) is 0 Å². The Hall–Kier alpha value is -1.44. The molecule has 0 spiro atoms. The van der Waals surface area contributed by atoms with Gasteiger partial charge in [0.25, 0.3) is 5.56 Å². The average molecular weight is 370 g/mol. The predicted molar refractivity (Wildman–Crippen MR) is 83.3 cm³/mol. The first-order valence-corrected chi connectivity index (χ1v) is 7.17. The zero-order chi connectivity index (χ0) is 13.7. The normalized spacial score (nSPS) is 10.4. The summed E-state index contributed by atoms with van der Waals surface area (Å²) in [6.45, 7) is 3.50. The maximum atomic E-state index is 11.9. The SMILES string of the molecule is CCCNc1cc(Cn2cncc(I)c2=O)ccn1. The Morgan fingerprint density at radius 2 is 2.32 bits per heavy atom. The molecule has 2 aromatic heterocycles. The lowest BCUT2D eigenvalue weighted by atomic mass is 10.2. The molecule has 2 heterocycles. The molecule has 0 amide bonds. The molecule has 19 heavy (non-hydrogen) atoms. The van der Waals surface area contributed by atoms with Crippen LogP contribution in [-0.4, -0.2) is 21.1 Å². The molecule has 6 heteroatoms. The molecule has 0 aliphatic heterocycles. The van der Waals surface area contributed by atoms with Gasteiger partial charge in [0.2, 0.25) is 0 Å². The Bertz CT molecular complexity index is 612. The lowest BCUT2D eigenvalue weighted by Crippen LogP contribution is -2.23. The molecule has 2 rings (SSSR count). The molecule has 0 aliphatic rings. The number of halogens is 1. The maximum absolute atomic E-state index is 11.9. The molecule has 0 atom stereocenters. The van der Waals surface area contributed by atoms with Crippen molar-refractivity contribution in [3.63, 3.8) is 0 Å². The van der Waals surface area contributed by atoms with Crippen molar-refractivity contribution in [1.82, 2.24) is 14.5 Å². The summed E-state index contributed by atoms with van der Waals surface area (Å²) in [5.74, 6) is 0.839. The van der Waals surface area contributed by atoms with Crippen LogP contribution < -0.4 is 10.9 Å². The Kier molecular flexibility index (Phi) is 4.89. The molecule has 0 unspecified atom stereocenters. The van der Waals surface area contributed by atoms with E-state index in [9.17, 15) is 4.79 Å². The van der Waals surface area contributed by atoms with E-state index in [1.165, 1.54) is 0 Å². The van der Waals surface area contributed by atoms with Gasteiger partial charge in [0.1, 0.15) is 5.82 Å². The third kappa shape index (κ3) is 3.76. The van der Waals surface area contributed by atoms with E-state index in [-0.39, 0.29) is 5.56 Å². The van der Waals surface area contributed by atoms with Gasteiger partial charge in [-0.2, -0.15) is 0 Å². The van der Waals surface area contributed by atoms with E-state index in [0.717, 1.165) is 24.3 Å². The van der Waals surface area contributed by atoms with Crippen LogP contribution in [0.5, 0.6) is 0 Å². The zero-order valence-corrected chi connectivity index (χ0v) is 12.8. The molecule has 0 aliphatic carbocycles. The molecular formula is C13H15IN4O. The first kappa shape index (κ1) is 14.0. The van der Waals surface area contributed by atoms with Gasteiger partial charge in [-0.3, -0.25) is 9.36 Å². The molecule has 0 saturated heterocycles. The lowest BCUT2D eigenvalue weighted by Gasteiger charge is -2.08. The summed E-state index contributed by atoms with van der Waals surface area (Å²) in [7, 11) is 0. The minimum atomic E-state index is -0.0181. The van der Waals surface area contributed by atoms with Gasteiger partial charge in [-0.05, 0) is 46.7 Å².